The molecule has 0 aliphatic heterocycles. The lowest BCUT2D eigenvalue weighted by Gasteiger charge is -2.26. The Morgan fingerprint density at radius 1 is 1.19 bits per heavy atom. The fraction of sp³-hybridized carbons (Fsp3) is 0.350. The number of carboxylic acids is 1. The van der Waals surface area contributed by atoms with Crippen molar-refractivity contribution >= 4 is 16.0 Å². The molecule has 0 amide bonds. The summed E-state index contributed by atoms with van der Waals surface area (Å²) in [6.45, 7) is 2.23. The van der Waals surface area contributed by atoms with E-state index in [1.54, 1.807) is 24.3 Å². The first-order chi connectivity index (χ1) is 12.3. The van der Waals surface area contributed by atoms with Gasteiger partial charge in [-0.15, -0.1) is 0 Å². The Hall–Kier alpha value is -2.18. The van der Waals surface area contributed by atoms with Gasteiger partial charge < -0.3 is 5.11 Å². The Balaban J connectivity index is 1.77. The van der Waals surface area contributed by atoms with E-state index in [0.29, 0.717) is 6.54 Å². The fourth-order valence-electron chi connectivity index (χ4n) is 3.45. The standard InChI is InChI=1S/C20H23NO4S/c1-14-5-9-18(10-6-14)26(24,25)21-13-17-4-2-3-16-8-7-15(11-19(16)17)12-20(22)23/h5-11,17,21H,2-4,12-13H2,1H3,(H,22,23). The molecule has 1 unspecified atom stereocenters. The van der Waals surface area contributed by atoms with Crippen LogP contribution in [0.15, 0.2) is 47.4 Å². The van der Waals surface area contributed by atoms with E-state index in [1.807, 2.05) is 25.1 Å². The molecule has 0 saturated carbocycles. The number of aliphatic carboxylic acids is 1. The van der Waals surface area contributed by atoms with Crippen molar-refractivity contribution in [1.29, 1.82) is 0 Å². The average molecular weight is 373 g/mol. The lowest BCUT2D eigenvalue weighted by molar-refractivity contribution is -0.136. The molecule has 26 heavy (non-hydrogen) atoms. The Morgan fingerprint density at radius 3 is 2.62 bits per heavy atom. The molecule has 2 aromatic carbocycles. The summed E-state index contributed by atoms with van der Waals surface area (Å²) in [5.41, 5.74) is 4.02. The first-order valence-corrected chi connectivity index (χ1v) is 10.2. The smallest absolute Gasteiger partial charge is 0.307 e. The SMILES string of the molecule is Cc1ccc(S(=O)(=O)NCC2CCCc3ccc(CC(=O)O)cc32)cc1. The zero-order chi connectivity index (χ0) is 18.7. The third kappa shape index (κ3) is 4.31. The minimum atomic E-state index is -3.55. The van der Waals surface area contributed by atoms with E-state index in [-0.39, 0.29) is 17.2 Å². The van der Waals surface area contributed by atoms with Crippen LogP contribution in [-0.2, 0) is 27.7 Å². The maximum atomic E-state index is 12.5. The summed E-state index contributed by atoms with van der Waals surface area (Å²) in [6.07, 6.45) is 2.82. The molecular weight excluding hydrogens is 350 g/mol. The molecule has 3 rings (SSSR count). The van der Waals surface area contributed by atoms with Gasteiger partial charge in [0.2, 0.25) is 10.0 Å². The normalized spacial score (nSPS) is 16.9. The number of hydrogen-bond acceptors (Lipinski definition) is 3. The molecule has 0 saturated heterocycles. The van der Waals surface area contributed by atoms with Crippen LogP contribution in [0.5, 0.6) is 0 Å². The van der Waals surface area contributed by atoms with Crippen molar-refractivity contribution < 1.29 is 18.3 Å². The number of nitrogens with one attached hydrogen (secondary N) is 1. The molecule has 2 aromatic rings. The van der Waals surface area contributed by atoms with Crippen LogP contribution in [-0.4, -0.2) is 26.0 Å². The van der Waals surface area contributed by atoms with Gasteiger partial charge in [-0.1, -0.05) is 35.9 Å². The molecule has 5 nitrogen and oxygen atoms in total. The molecule has 2 N–H and O–H groups in total. The zero-order valence-electron chi connectivity index (χ0n) is 14.7. The van der Waals surface area contributed by atoms with Gasteiger partial charge in [-0.2, -0.15) is 0 Å². The van der Waals surface area contributed by atoms with Gasteiger partial charge in [-0.25, -0.2) is 13.1 Å². The van der Waals surface area contributed by atoms with Crippen molar-refractivity contribution in [1.82, 2.24) is 4.72 Å². The second kappa shape index (κ2) is 7.60. The quantitative estimate of drug-likeness (QED) is 0.815. The van der Waals surface area contributed by atoms with Crippen molar-refractivity contribution in [3.05, 3.63) is 64.7 Å². The highest BCUT2D eigenvalue weighted by molar-refractivity contribution is 7.89. The van der Waals surface area contributed by atoms with E-state index >= 15 is 0 Å². The Bertz CT molecular complexity index is 904. The number of aryl methyl sites for hydroxylation is 2. The van der Waals surface area contributed by atoms with Gasteiger partial charge in [0.05, 0.1) is 11.3 Å². The highest BCUT2D eigenvalue weighted by Crippen LogP contribution is 2.32. The highest BCUT2D eigenvalue weighted by Gasteiger charge is 2.23. The molecule has 1 aliphatic rings. The summed E-state index contributed by atoms with van der Waals surface area (Å²) in [4.78, 5) is 11.2. The molecule has 0 bridgehead atoms. The predicted molar refractivity (Wildman–Crippen MR) is 99.8 cm³/mol. The van der Waals surface area contributed by atoms with Crippen LogP contribution in [0.3, 0.4) is 0 Å². The van der Waals surface area contributed by atoms with Crippen LogP contribution in [0.2, 0.25) is 0 Å². The van der Waals surface area contributed by atoms with E-state index in [4.69, 9.17) is 5.11 Å². The minimum absolute atomic E-state index is 0.0188. The number of sulfonamides is 1. The van der Waals surface area contributed by atoms with Crippen LogP contribution in [0.1, 0.15) is 41.0 Å². The van der Waals surface area contributed by atoms with E-state index in [1.165, 1.54) is 5.56 Å². The molecule has 0 spiro atoms. The molecule has 0 aromatic heterocycles. The van der Waals surface area contributed by atoms with Crippen molar-refractivity contribution in [2.75, 3.05) is 6.54 Å². The van der Waals surface area contributed by atoms with Gasteiger partial charge in [0.25, 0.3) is 0 Å². The van der Waals surface area contributed by atoms with E-state index in [9.17, 15) is 13.2 Å². The summed E-state index contributed by atoms with van der Waals surface area (Å²) in [5.74, 6) is -0.801. The van der Waals surface area contributed by atoms with Gasteiger partial charge in [-0.3, -0.25) is 4.79 Å². The largest absolute Gasteiger partial charge is 0.481 e. The van der Waals surface area contributed by atoms with Gasteiger partial charge in [0.15, 0.2) is 0 Å². The van der Waals surface area contributed by atoms with Gasteiger partial charge in [0, 0.05) is 6.54 Å². The molecule has 1 aliphatic carbocycles. The molecule has 1 atom stereocenters. The first kappa shape index (κ1) is 18.6. The second-order valence-electron chi connectivity index (χ2n) is 6.86. The number of hydrogen-bond donors (Lipinski definition) is 2. The summed E-state index contributed by atoms with van der Waals surface area (Å²) in [6, 6.07) is 12.5. The molecule has 6 heteroatoms. The predicted octanol–water partition coefficient (Wildman–Crippen LogP) is 3.02. The van der Waals surface area contributed by atoms with Crippen LogP contribution in [0, 0.1) is 6.92 Å². The fourth-order valence-corrected chi connectivity index (χ4v) is 4.54. The number of benzene rings is 2. The monoisotopic (exact) mass is 373 g/mol. The van der Waals surface area contributed by atoms with Crippen molar-refractivity contribution in [2.24, 2.45) is 0 Å². The van der Waals surface area contributed by atoms with Crippen molar-refractivity contribution in [3.63, 3.8) is 0 Å². The molecule has 138 valence electrons. The van der Waals surface area contributed by atoms with Gasteiger partial charge in [0.1, 0.15) is 0 Å². The Morgan fingerprint density at radius 2 is 1.92 bits per heavy atom. The number of carboxylic acid groups (broad SMARTS) is 1. The first-order valence-electron chi connectivity index (χ1n) is 8.75. The molecule has 0 radical (unpaired) electrons. The van der Waals surface area contributed by atoms with E-state index < -0.39 is 16.0 Å². The third-order valence-corrected chi connectivity index (χ3v) is 6.29. The summed E-state index contributed by atoms with van der Waals surface area (Å²) >= 11 is 0. The number of rotatable bonds is 6. The second-order valence-corrected chi connectivity index (χ2v) is 8.62. The Labute approximate surface area is 154 Å². The summed E-state index contributed by atoms with van der Waals surface area (Å²) < 4.78 is 27.8. The summed E-state index contributed by atoms with van der Waals surface area (Å²) in [7, 11) is -3.55. The number of carbonyl (C=O) groups is 1. The minimum Gasteiger partial charge on any atom is -0.481 e. The van der Waals surface area contributed by atoms with Crippen LogP contribution in [0.4, 0.5) is 0 Å². The maximum Gasteiger partial charge on any atom is 0.307 e. The van der Waals surface area contributed by atoms with Gasteiger partial charge >= 0.3 is 5.97 Å². The third-order valence-electron chi connectivity index (χ3n) is 4.86. The maximum absolute atomic E-state index is 12.5. The van der Waals surface area contributed by atoms with Crippen molar-refractivity contribution in [3.8, 4) is 0 Å². The topological polar surface area (TPSA) is 83.5 Å². The van der Waals surface area contributed by atoms with Crippen LogP contribution < -0.4 is 4.72 Å². The van der Waals surface area contributed by atoms with Crippen molar-refractivity contribution in [2.45, 2.75) is 43.4 Å². The molecule has 0 heterocycles. The zero-order valence-corrected chi connectivity index (χ0v) is 15.6. The van der Waals surface area contributed by atoms with Gasteiger partial charge in [-0.05, 0) is 60.9 Å². The average Bonchev–Trinajstić information content (AvgIpc) is 2.60. The highest BCUT2D eigenvalue weighted by atomic mass is 32.2. The van der Waals surface area contributed by atoms with Crippen LogP contribution >= 0.6 is 0 Å². The summed E-state index contributed by atoms with van der Waals surface area (Å²) in [5, 5.41) is 9.00. The lowest BCUT2D eigenvalue weighted by atomic mass is 9.82. The van der Waals surface area contributed by atoms with Crippen LogP contribution in [0.25, 0.3) is 0 Å². The molecule has 0 fully saturated rings. The Kier molecular flexibility index (Phi) is 5.44. The van der Waals surface area contributed by atoms with E-state index in [0.717, 1.165) is 36.0 Å². The molecular formula is C20H23NO4S. The van der Waals surface area contributed by atoms with E-state index in [2.05, 4.69) is 4.72 Å². The number of fused-ring (bicyclic) bond motifs is 1. The lowest BCUT2D eigenvalue weighted by Crippen LogP contribution is -2.30.